The van der Waals surface area contributed by atoms with Crippen molar-refractivity contribution in [1.82, 2.24) is 0 Å². The van der Waals surface area contributed by atoms with Crippen molar-refractivity contribution in [3.63, 3.8) is 0 Å². The molecule has 2 rings (SSSR count). The molecule has 0 aliphatic rings. The van der Waals surface area contributed by atoms with Crippen LogP contribution in [0.2, 0.25) is 0 Å². The number of hydrogen-bond donors (Lipinski definition) is 2. The Morgan fingerprint density at radius 1 is 0.950 bits per heavy atom. The van der Waals surface area contributed by atoms with Crippen LogP contribution in [0, 0.1) is 0 Å². The molecule has 0 aromatic heterocycles. The fraction of sp³-hybridized carbons (Fsp3) is 0.125. The lowest BCUT2D eigenvalue weighted by Gasteiger charge is -2.04. The molecule has 20 heavy (non-hydrogen) atoms. The van der Waals surface area contributed by atoms with Gasteiger partial charge in [0, 0.05) is 12.0 Å². The van der Waals surface area contributed by atoms with Gasteiger partial charge in [-0.3, -0.25) is 4.79 Å². The fourth-order valence-electron chi connectivity index (χ4n) is 2.05. The first-order valence-corrected chi connectivity index (χ1v) is 6.21. The van der Waals surface area contributed by atoms with Crippen molar-refractivity contribution in [1.29, 1.82) is 0 Å². The van der Waals surface area contributed by atoms with Gasteiger partial charge in [-0.1, -0.05) is 42.5 Å². The highest BCUT2D eigenvalue weighted by atomic mass is 16.4. The van der Waals surface area contributed by atoms with E-state index < -0.39 is 11.9 Å². The summed E-state index contributed by atoms with van der Waals surface area (Å²) >= 11 is 0. The standard InChI is InChI=1S/C16H14O4/c17-15(18)9-8-13(16(19)20)10-12-6-3-5-11-4-1-2-7-14(11)12/h1-7,10H,8-9H2,(H,17,18)(H,19,20). The molecule has 0 bridgehead atoms. The molecule has 102 valence electrons. The minimum Gasteiger partial charge on any atom is -0.481 e. The second-order valence-corrected chi connectivity index (χ2v) is 4.44. The second kappa shape index (κ2) is 6.02. The molecule has 0 radical (unpaired) electrons. The summed E-state index contributed by atoms with van der Waals surface area (Å²) in [5, 5.41) is 19.8. The van der Waals surface area contributed by atoms with Crippen molar-refractivity contribution in [2.45, 2.75) is 12.8 Å². The second-order valence-electron chi connectivity index (χ2n) is 4.44. The molecule has 2 aromatic carbocycles. The van der Waals surface area contributed by atoms with Gasteiger partial charge < -0.3 is 10.2 Å². The zero-order chi connectivity index (χ0) is 14.5. The van der Waals surface area contributed by atoms with Gasteiger partial charge in [0.2, 0.25) is 0 Å². The summed E-state index contributed by atoms with van der Waals surface area (Å²) in [6.45, 7) is 0. The van der Waals surface area contributed by atoms with Gasteiger partial charge in [-0.25, -0.2) is 4.79 Å². The molecule has 4 heteroatoms. The Morgan fingerprint density at radius 3 is 2.35 bits per heavy atom. The van der Waals surface area contributed by atoms with Gasteiger partial charge in [0.05, 0.1) is 0 Å². The topological polar surface area (TPSA) is 74.6 Å². The molecule has 0 amide bonds. The van der Waals surface area contributed by atoms with Gasteiger partial charge in [0.1, 0.15) is 0 Å². The van der Waals surface area contributed by atoms with Gasteiger partial charge in [-0.2, -0.15) is 0 Å². The summed E-state index contributed by atoms with van der Waals surface area (Å²) in [5.41, 5.74) is 0.884. The van der Waals surface area contributed by atoms with Crippen molar-refractivity contribution in [3.8, 4) is 0 Å². The van der Waals surface area contributed by atoms with Gasteiger partial charge in [-0.05, 0) is 28.8 Å². The first kappa shape index (κ1) is 13.8. The number of hydrogen-bond acceptors (Lipinski definition) is 2. The minimum atomic E-state index is -1.08. The molecule has 2 aromatic rings. The van der Waals surface area contributed by atoms with E-state index >= 15 is 0 Å². The maximum Gasteiger partial charge on any atom is 0.331 e. The first-order chi connectivity index (χ1) is 9.58. The van der Waals surface area contributed by atoms with E-state index in [1.807, 2.05) is 42.5 Å². The number of fused-ring (bicyclic) bond motifs is 1. The number of carboxylic acid groups (broad SMARTS) is 2. The minimum absolute atomic E-state index is 0.00783. The van der Waals surface area contributed by atoms with Gasteiger partial charge in [-0.15, -0.1) is 0 Å². The van der Waals surface area contributed by atoms with Gasteiger partial charge in [0.25, 0.3) is 0 Å². The lowest BCUT2D eigenvalue weighted by atomic mass is 10.0. The van der Waals surface area contributed by atoms with Crippen LogP contribution in [0.3, 0.4) is 0 Å². The van der Waals surface area contributed by atoms with Crippen LogP contribution >= 0.6 is 0 Å². The van der Waals surface area contributed by atoms with E-state index in [4.69, 9.17) is 10.2 Å². The summed E-state index contributed by atoms with van der Waals surface area (Å²) in [6.07, 6.45) is 1.37. The molecule has 4 nitrogen and oxygen atoms in total. The number of benzene rings is 2. The van der Waals surface area contributed by atoms with E-state index in [1.165, 1.54) is 0 Å². The maximum absolute atomic E-state index is 11.2. The average Bonchev–Trinajstić information content (AvgIpc) is 2.43. The first-order valence-electron chi connectivity index (χ1n) is 6.21. The van der Waals surface area contributed by atoms with Crippen molar-refractivity contribution >= 4 is 28.8 Å². The number of rotatable bonds is 5. The Labute approximate surface area is 116 Å². The number of carboxylic acids is 2. The lowest BCUT2D eigenvalue weighted by molar-refractivity contribution is -0.137. The molecule has 0 spiro atoms. The molecule has 0 aliphatic heterocycles. The normalized spacial score (nSPS) is 11.5. The summed E-state index contributed by atoms with van der Waals surface area (Å²) < 4.78 is 0. The fourth-order valence-corrected chi connectivity index (χ4v) is 2.05. The average molecular weight is 270 g/mol. The number of carbonyl (C=O) groups is 2. The maximum atomic E-state index is 11.2. The Kier molecular flexibility index (Phi) is 4.15. The highest BCUT2D eigenvalue weighted by molar-refractivity contribution is 5.97. The van der Waals surface area contributed by atoms with E-state index in [1.54, 1.807) is 6.08 Å². The Bertz CT molecular complexity index is 680. The molecule has 0 aliphatic carbocycles. The van der Waals surface area contributed by atoms with Crippen LogP contribution in [0.15, 0.2) is 48.0 Å². The van der Waals surface area contributed by atoms with E-state index in [-0.39, 0.29) is 18.4 Å². The van der Waals surface area contributed by atoms with Crippen LogP contribution in [0.4, 0.5) is 0 Å². The van der Waals surface area contributed by atoms with Crippen LogP contribution in [-0.2, 0) is 9.59 Å². The monoisotopic (exact) mass is 270 g/mol. The van der Waals surface area contributed by atoms with Crippen molar-refractivity contribution in [3.05, 3.63) is 53.6 Å². The largest absolute Gasteiger partial charge is 0.481 e. The third kappa shape index (κ3) is 3.23. The van der Waals surface area contributed by atoms with E-state index in [2.05, 4.69) is 0 Å². The highest BCUT2D eigenvalue weighted by Gasteiger charge is 2.10. The van der Waals surface area contributed by atoms with Gasteiger partial charge in [0.15, 0.2) is 0 Å². The molecule has 2 N–H and O–H groups in total. The summed E-state index contributed by atoms with van der Waals surface area (Å²) in [5.74, 6) is -2.09. The Balaban J connectivity index is 2.43. The SMILES string of the molecule is O=C(O)CCC(=Cc1cccc2ccccc12)C(=O)O. The molecule has 0 saturated heterocycles. The van der Waals surface area contributed by atoms with Crippen LogP contribution in [0.1, 0.15) is 18.4 Å². The molecular weight excluding hydrogens is 256 g/mol. The van der Waals surface area contributed by atoms with E-state index in [0.717, 1.165) is 16.3 Å². The molecule has 0 fully saturated rings. The van der Waals surface area contributed by atoms with Crippen molar-refractivity contribution < 1.29 is 19.8 Å². The van der Waals surface area contributed by atoms with Crippen LogP contribution in [0.5, 0.6) is 0 Å². The van der Waals surface area contributed by atoms with Crippen LogP contribution in [-0.4, -0.2) is 22.2 Å². The predicted molar refractivity (Wildman–Crippen MR) is 76.4 cm³/mol. The summed E-state index contributed by atoms with van der Waals surface area (Å²) in [6, 6.07) is 13.3. The molecule has 0 heterocycles. The summed E-state index contributed by atoms with van der Waals surface area (Å²) in [4.78, 5) is 21.8. The lowest BCUT2D eigenvalue weighted by Crippen LogP contribution is -2.04. The number of aliphatic carboxylic acids is 2. The quantitative estimate of drug-likeness (QED) is 0.818. The zero-order valence-electron chi connectivity index (χ0n) is 10.7. The van der Waals surface area contributed by atoms with Gasteiger partial charge >= 0.3 is 11.9 Å². The van der Waals surface area contributed by atoms with Crippen LogP contribution < -0.4 is 0 Å². The summed E-state index contributed by atoms with van der Waals surface area (Å²) in [7, 11) is 0. The predicted octanol–water partition coefficient (Wildman–Crippen LogP) is 3.17. The Hall–Kier alpha value is -2.62. The Morgan fingerprint density at radius 2 is 1.65 bits per heavy atom. The highest BCUT2D eigenvalue weighted by Crippen LogP contribution is 2.22. The molecule has 0 saturated carbocycles. The van der Waals surface area contributed by atoms with E-state index in [0.29, 0.717) is 0 Å². The van der Waals surface area contributed by atoms with Crippen molar-refractivity contribution in [2.24, 2.45) is 0 Å². The third-order valence-corrected chi connectivity index (χ3v) is 3.04. The van der Waals surface area contributed by atoms with Crippen LogP contribution in [0.25, 0.3) is 16.8 Å². The van der Waals surface area contributed by atoms with E-state index in [9.17, 15) is 9.59 Å². The third-order valence-electron chi connectivity index (χ3n) is 3.04. The zero-order valence-corrected chi connectivity index (χ0v) is 10.7. The molecule has 0 atom stereocenters. The molecule has 0 unspecified atom stereocenters. The van der Waals surface area contributed by atoms with Crippen molar-refractivity contribution in [2.75, 3.05) is 0 Å². The molecular formula is C16H14O4. The smallest absolute Gasteiger partial charge is 0.331 e.